The molecule has 64 heavy (non-hydrogen) atoms. The predicted molar refractivity (Wildman–Crippen MR) is 271 cm³/mol. The quantitative estimate of drug-likeness (QED) is 0.173. The Bertz CT molecular complexity index is 3850. The Hall–Kier alpha value is -7.97. The average molecular weight is 852 g/mol. The minimum atomic E-state index is 0.612. The number of para-hydroxylation sites is 4. The van der Waals surface area contributed by atoms with Gasteiger partial charge < -0.3 is 9.13 Å². The van der Waals surface area contributed by atoms with Gasteiger partial charge in [0.1, 0.15) is 0 Å². The van der Waals surface area contributed by atoms with Crippen LogP contribution in [0.15, 0.2) is 200 Å². The summed E-state index contributed by atoms with van der Waals surface area (Å²) in [5.41, 5.74) is 9.48. The molecule has 5 aromatic heterocycles. The highest BCUT2D eigenvalue weighted by molar-refractivity contribution is 7.26. The van der Waals surface area contributed by atoms with E-state index >= 15 is 0 Å². The van der Waals surface area contributed by atoms with E-state index in [9.17, 15) is 0 Å². The van der Waals surface area contributed by atoms with Crippen LogP contribution in [-0.4, -0.2) is 24.1 Å². The zero-order chi connectivity index (χ0) is 41.9. The molecule has 0 aliphatic rings. The van der Waals surface area contributed by atoms with Crippen molar-refractivity contribution >= 4 is 107 Å². The third kappa shape index (κ3) is 5.26. The van der Waals surface area contributed by atoms with Gasteiger partial charge in [0.25, 0.3) is 0 Å². The van der Waals surface area contributed by atoms with Crippen molar-refractivity contribution in [2.45, 2.75) is 0 Å². The Morgan fingerprint density at radius 1 is 0.297 bits per heavy atom. The van der Waals surface area contributed by atoms with E-state index in [0.29, 0.717) is 17.5 Å². The molecule has 0 amide bonds. The fourth-order valence-electron chi connectivity index (χ4n) is 9.98. The monoisotopic (exact) mass is 851 g/mol. The second-order valence-corrected chi connectivity index (χ2v) is 18.4. The lowest BCUT2D eigenvalue weighted by Gasteiger charge is -2.16. The highest BCUT2D eigenvalue weighted by atomic mass is 32.1. The summed E-state index contributed by atoms with van der Waals surface area (Å²) in [6, 6.07) is 71.9. The highest BCUT2D eigenvalue weighted by Gasteiger charge is 2.22. The van der Waals surface area contributed by atoms with Crippen molar-refractivity contribution in [3.05, 3.63) is 200 Å². The fraction of sp³-hybridized carbons (Fsp3) is 0. The molecule has 0 aliphatic carbocycles. The number of aromatic nitrogens is 5. The first-order chi connectivity index (χ1) is 31.7. The molecule has 0 bridgehead atoms. The van der Waals surface area contributed by atoms with Crippen LogP contribution < -0.4 is 0 Å². The van der Waals surface area contributed by atoms with Crippen LogP contribution in [0, 0.1) is 0 Å². The lowest BCUT2D eigenvalue weighted by molar-refractivity contribution is 1.07. The number of fused-ring (bicyclic) bond motifs is 12. The van der Waals surface area contributed by atoms with Crippen molar-refractivity contribution in [3.63, 3.8) is 0 Å². The van der Waals surface area contributed by atoms with Gasteiger partial charge in [0.15, 0.2) is 17.5 Å². The van der Waals surface area contributed by atoms with Gasteiger partial charge in [-0.15, -0.1) is 22.7 Å². The highest BCUT2D eigenvalue weighted by Crippen LogP contribution is 2.43. The van der Waals surface area contributed by atoms with Crippen LogP contribution in [0.5, 0.6) is 0 Å². The van der Waals surface area contributed by atoms with Gasteiger partial charge in [-0.1, -0.05) is 133 Å². The van der Waals surface area contributed by atoms with Crippen molar-refractivity contribution < 1.29 is 0 Å². The molecule has 0 atom stereocenters. The van der Waals surface area contributed by atoms with Gasteiger partial charge in [-0.25, -0.2) is 15.0 Å². The number of benzene rings is 9. The van der Waals surface area contributed by atoms with E-state index in [1.165, 1.54) is 52.5 Å². The summed E-state index contributed by atoms with van der Waals surface area (Å²) in [7, 11) is 0. The summed E-state index contributed by atoms with van der Waals surface area (Å²) in [6.07, 6.45) is 0. The van der Waals surface area contributed by atoms with E-state index in [4.69, 9.17) is 15.0 Å². The van der Waals surface area contributed by atoms with Crippen LogP contribution in [-0.2, 0) is 0 Å². The number of nitrogens with zero attached hydrogens (tertiary/aromatic N) is 5. The first-order valence-corrected chi connectivity index (χ1v) is 23.1. The third-order valence-electron chi connectivity index (χ3n) is 12.8. The van der Waals surface area contributed by atoms with E-state index in [1.807, 2.05) is 0 Å². The molecule has 0 aliphatic heterocycles. The maximum absolute atomic E-state index is 5.51. The number of hydrogen-bond acceptors (Lipinski definition) is 5. The molecule has 14 rings (SSSR count). The van der Waals surface area contributed by atoms with Gasteiger partial charge in [-0.2, -0.15) is 0 Å². The van der Waals surface area contributed by atoms with Crippen molar-refractivity contribution in [3.8, 4) is 45.5 Å². The summed E-state index contributed by atoms with van der Waals surface area (Å²) >= 11 is 3.59. The van der Waals surface area contributed by atoms with Crippen LogP contribution >= 0.6 is 22.7 Å². The van der Waals surface area contributed by atoms with Gasteiger partial charge in [0, 0.05) is 90.0 Å². The molecule has 5 heterocycles. The van der Waals surface area contributed by atoms with Crippen molar-refractivity contribution in [1.29, 1.82) is 0 Å². The molecule has 7 heteroatoms. The predicted octanol–water partition coefficient (Wildman–Crippen LogP) is 15.8. The molecule has 0 saturated heterocycles. The first kappa shape index (κ1) is 35.6. The van der Waals surface area contributed by atoms with Crippen LogP contribution in [0.2, 0.25) is 0 Å². The topological polar surface area (TPSA) is 48.5 Å². The molecule has 0 spiro atoms. The third-order valence-corrected chi connectivity index (χ3v) is 15.2. The van der Waals surface area contributed by atoms with Gasteiger partial charge in [0.05, 0.1) is 22.1 Å². The minimum Gasteiger partial charge on any atom is -0.309 e. The lowest BCUT2D eigenvalue weighted by atomic mass is 10.1. The summed E-state index contributed by atoms with van der Waals surface area (Å²) < 4.78 is 9.59. The Morgan fingerprint density at radius 3 is 1.06 bits per heavy atom. The normalized spacial score (nSPS) is 12.1. The number of rotatable bonds is 5. The standard InChI is InChI=1S/C57H33N5S2/c1-7-25-47-37(15-1)38-16-2-8-26-48(38)61(47)35-31-34(32-36(33-35)62-49-27-9-3-17-39(49)40-18-4-10-28-50(40)62)55-58-56(45-23-13-21-43-41-19-5-11-29-51(41)63-53(43)45)60-57(59-55)46-24-14-22-44-42-20-6-12-30-52(42)64-54(44)46/h1-33H. The van der Waals surface area contributed by atoms with Gasteiger partial charge in [0.2, 0.25) is 0 Å². The average Bonchev–Trinajstić information content (AvgIpc) is 4.12. The van der Waals surface area contributed by atoms with E-state index in [0.717, 1.165) is 59.5 Å². The summed E-state index contributed by atoms with van der Waals surface area (Å²) in [5.74, 6) is 1.91. The number of hydrogen-bond donors (Lipinski definition) is 0. The molecule has 0 unspecified atom stereocenters. The molecule has 5 nitrogen and oxygen atoms in total. The Morgan fingerprint density at radius 2 is 0.641 bits per heavy atom. The van der Waals surface area contributed by atoms with Gasteiger partial charge >= 0.3 is 0 Å². The van der Waals surface area contributed by atoms with Gasteiger partial charge in [-0.05, 0) is 66.7 Å². The van der Waals surface area contributed by atoms with Crippen molar-refractivity contribution in [2.75, 3.05) is 0 Å². The molecule has 0 fully saturated rings. The summed E-state index contributed by atoms with van der Waals surface area (Å²) in [6.45, 7) is 0. The molecular weight excluding hydrogens is 819 g/mol. The van der Waals surface area contributed by atoms with E-state index in [2.05, 4.69) is 209 Å². The first-order valence-electron chi connectivity index (χ1n) is 21.4. The maximum atomic E-state index is 5.51. The van der Waals surface area contributed by atoms with Crippen molar-refractivity contribution in [2.24, 2.45) is 0 Å². The molecule has 0 radical (unpaired) electrons. The SMILES string of the molecule is c1ccc2c(c1)sc1c(-c3nc(-c4cc(-n5c6ccccc6c6ccccc65)cc(-n5c6ccccc6c6ccccc65)c4)nc(-c4cccc5c4sc4ccccc45)n3)cccc12. The van der Waals surface area contributed by atoms with Crippen molar-refractivity contribution in [1.82, 2.24) is 24.1 Å². The zero-order valence-electron chi connectivity index (χ0n) is 34.1. The van der Waals surface area contributed by atoms with E-state index < -0.39 is 0 Å². The van der Waals surface area contributed by atoms with Crippen LogP contribution in [0.1, 0.15) is 0 Å². The van der Waals surface area contributed by atoms with Crippen LogP contribution in [0.3, 0.4) is 0 Å². The molecule has 0 N–H and O–H groups in total. The molecule has 9 aromatic carbocycles. The molecule has 298 valence electrons. The van der Waals surface area contributed by atoms with Gasteiger partial charge in [-0.3, -0.25) is 0 Å². The summed E-state index contributed by atoms with van der Waals surface area (Å²) in [4.78, 5) is 16.4. The maximum Gasteiger partial charge on any atom is 0.165 e. The van der Waals surface area contributed by atoms with E-state index in [-0.39, 0.29) is 0 Å². The minimum absolute atomic E-state index is 0.612. The van der Waals surface area contributed by atoms with E-state index in [1.54, 1.807) is 22.7 Å². The summed E-state index contributed by atoms with van der Waals surface area (Å²) in [5, 5.41) is 9.72. The fourth-order valence-corrected chi connectivity index (χ4v) is 12.4. The Kier molecular flexibility index (Phi) is 7.66. The second kappa shape index (κ2) is 13.8. The molecular formula is C57H33N5S2. The van der Waals surface area contributed by atoms with Crippen LogP contribution in [0.4, 0.5) is 0 Å². The molecule has 14 aromatic rings. The van der Waals surface area contributed by atoms with Crippen LogP contribution in [0.25, 0.3) is 129 Å². The molecule has 0 saturated carbocycles. The largest absolute Gasteiger partial charge is 0.309 e. The Labute approximate surface area is 374 Å². The lowest BCUT2D eigenvalue weighted by Crippen LogP contribution is -2.03. The zero-order valence-corrected chi connectivity index (χ0v) is 35.7. The second-order valence-electron chi connectivity index (χ2n) is 16.3. The Balaban J connectivity index is 1.10. The number of thiophene rings is 2. The smallest absolute Gasteiger partial charge is 0.165 e.